The normalized spacial score (nSPS) is 11.9. The van der Waals surface area contributed by atoms with Crippen LogP contribution < -0.4 is 5.73 Å². The van der Waals surface area contributed by atoms with Crippen LogP contribution >= 0.6 is 0 Å². The zero-order valence-electron chi connectivity index (χ0n) is 11.5. The van der Waals surface area contributed by atoms with E-state index in [1.165, 1.54) is 6.42 Å². The summed E-state index contributed by atoms with van der Waals surface area (Å²) in [7, 11) is 1.88. The van der Waals surface area contributed by atoms with Gasteiger partial charge in [0.05, 0.1) is 0 Å². The lowest BCUT2D eigenvalue weighted by Crippen LogP contribution is -2.35. The smallest absolute Gasteiger partial charge is 0.222 e. The molecule has 0 atom stereocenters. The highest BCUT2D eigenvalue weighted by molar-refractivity contribution is 5.75. The lowest BCUT2D eigenvalue weighted by molar-refractivity contribution is -0.130. The van der Waals surface area contributed by atoms with Gasteiger partial charge in [-0.3, -0.25) is 4.79 Å². The minimum atomic E-state index is -0.242. The Balaban J connectivity index is 3.74. The molecule has 0 aliphatic carbocycles. The second-order valence-electron chi connectivity index (χ2n) is 5.84. The average molecular weight is 228 g/mol. The van der Waals surface area contributed by atoms with Gasteiger partial charge in [-0.15, -0.1) is 0 Å². The van der Waals surface area contributed by atoms with E-state index in [1.807, 2.05) is 25.8 Å². The lowest BCUT2D eigenvalue weighted by Gasteiger charge is -2.21. The van der Waals surface area contributed by atoms with Crippen molar-refractivity contribution in [3.8, 4) is 0 Å². The molecule has 0 aromatic carbocycles. The van der Waals surface area contributed by atoms with Crippen LogP contribution in [-0.4, -0.2) is 29.9 Å². The number of amides is 1. The second-order valence-corrected chi connectivity index (χ2v) is 5.84. The molecule has 0 saturated heterocycles. The monoisotopic (exact) mass is 228 g/mol. The van der Waals surface area contributed by atoms with Crippen molar-refractivity contribution in [3.05, 3.63) is 0 Å². The molecule has 0 radical (unpaired) electrons. The maximum Gasteiger partial charge on any atom is 0.222 e. The highest BCUT2D eigenvalue weighted by atomic mass is 16.2. The van der Waals surface area contributed by atoms with Gasteiger partial charge in [0, 0.05) is 25.6 Å². The van der Waals surface area contributed by atoms with E-state index < -0.39 is 0 Å². The third-order valence-electron chi connectivity index (χ3n) is 2.68. The Morgan fingerprint density at radius 3 is 2.38 bits per heavy atom. The van der Waals surface area contributed by atoms with Gasteiger partial charge in [-0.2, -0.15) is 0 Å². The summed E-state index contributed by atoms with van der Waals surface area (Å²) < 4.78 is 0. The number of hydrogen-bond acceptors (Lipinski definition) is 2. The maximum atomic E-state index is 11.7. The molecule has 0 aromatic rings. The molecule has 0 aliphatic heterocycles. The molecule has 2 N–H and O–H groups in total. The third-order valence-corrected chi connectivity index (χ3v) is 2.68. The van der Waals surface area contributed by atoms with Crippen LogP contribution in [0.2, 0.25) is 0 Å². The highest BCUT2D eigenvalue weighted by Gasteiger charge is 2.15. The van der Waals surface area contributed by atoms with E-state index in [2.05, 4.69) is 13.8 Å². The third kappa shape index (κ3) is 8.72. The van der Waals surface area contributed by atoms with Crippen LogP contribution in [0.25, 0.3) is 0 Å². The van der Waals surface area contributed by atoms with Crippen molar-refractivity contribution in [2.45, 2.75) is 58.9 Å². The minimum Gasteiger partial charge on any atom is -0.346 e. The minimum absolute atomic E-state index is 0.210. The number of rotatable bonds is 7. The summed E-state index contributed by atoms with van der Waals surface area (Å²) in [6.45, 7) is 9.19. The number of carbonyl (C=O) groups is 1. The zero-order chi connectivity index (χ0) is 12.8. The second kappa shape index (κ2) is 6.89. The Labute approximate surface area is 100 Å². The van der Waals surface area contributed by atoms with E-state index in [0.29, 0.717) is 12.3 Å². The lowest BCUT2D eigenvalue weighted by atomic mass is 10.00. The Hall–Kier alpha value is -0.570. The summed E-state index contributed by atoms with van der Waals surface area (Å²) in [5, 5.41) is 0. The zero-order valence-corrected chi connectivity index (χ0v) is 11.5. The average Bonchev–Trinajstić information content (AvgIpc) is 2.12. The Kier molecular flexibility index (Phi) is 6.65. The van der Waals surface area contributed by atoms with Gasteiger partial charge in [-0.25, -0.2) is 0 Å². The molecule has 0 bridgehead atoms. The molecule has 0 aliphatic rings. The molecule has 0 fully saturated rings. The number of nitrogens with two attached hydrogens (primary N) is 1. The summed E-state index contributed by atoms with van der Waals surface area (Å²) in [6.07, 6.45) is 3.58. The summed E-state index contributed by atoms with van der Waals surface area (Å²) >= 11 is 0. The molecule has 0 heterocycles. The predicted octanol–water partition coefficient (Wildman–Crippen LogP) is 2.40. The summed E-state index contributed by atoms with van der Waals surface area (Å²) in [5.74, 6) is 0.925. The van der Waals surface area contributed by atoms with Crippen molar-refractivity contribution in [1.29, 1.82) is 0 Å². The Morgan fingerprint density at radius 1 is 1.38 bits per heavy atom. The number of hydrogen-bond donors (Lipinski definition) is 1. The molecule has 0 aromatic heterocycles. The standard InChI is InChI=1S/C13H28N2O/c1-11(2)7-6-10-15(5)12(16)8-9-13(3,4)14/h11H,6-10,14H2,1-5H3. The quantitative estimate of drug-likeness (QED) is 0.727. The topological polar surface area (TPSA) is 46.3 Å². The summed E-state index contributed by atoms with van der Waals surface area (Å²) in [6, 6.07) is 0. The predicted molar refractivity (Wildman–Crippen MR) is 69.2 cm³/mol. The van der Waals surface area contributed by atoms with E-state index in [9.17, 15) is 4.79 Å². The number of carbonyl (C=O) groups excluding carboxylic acids is 1. The first kappa shape index (κ1) is 15.4. The van der Waals surface area contributed by atoms with E-state index in [0.717, 1.165) is 19.4 Å². The van der Waals surface area contributed by atoms with Crippen molar-refractivity contribution in [1.82, 2.24) is 4.90 Å². The first-order valence-electron chi connectivity index (χ1n) is 6.25. The summed E-state index contributed by atoms with van der Waals surface area (Å²) in [5.41, 5.74) is 5.61. The largest absolute Gasteiger partial charge is 0.346 e. The van der Waals surface area contributed by atoms with Crippen LogP contribution in [0, 0.1) is 5.92 Å². The van der Waals surface area contributed by atoms with Gasteiger partial charge in [0.15, 0.2) is 0 Å². The van der Waals surface area contributed by atoms with Crippen LogP contribution in [0.3, 0.4) is 0 Å². The van der Waals surface area contributed by atoms with Crippen LogP contribution in [0.4, 0.5) is 0 Å². The highest BCUT2D eigenvalue weighted by Crippen LogP contribution is 2.09. The molecular formula is C13H28N2O. The van der Waals surface area contributed by atoms with Crippen LogP contribution in [0.5, 0.6) is 0 Å². The molecule has 0 rings (SSSR count). The molecule has 3 nitrogen and oxygen atoms in total. The molecule has 0 spiro atoms. The van der Waals surface area contributed by atoms with Gasteiger partial charge < -0.3 is 10.6 Å². The fourth-order valence-electron chi connectivity index (χ4n) is 1.48. The van der Waals surface area contributed by atoms with E-state index in [-0.39, 0.29) is 11.4 Å². The van der Waals surface area contributed by atoms with Crippen molar-refractivity contribution in [2.24, 2.45) is 11.7 Å². The van der Waals surface area contributed by atoms with Crippen molar-refractivity contribution >= 4 is 5.91 Å². The van der Waals surface area contributed by atoms with Gasteiger partial charge >= 0.3 is 0 Å². The Bertz CT molecular complexity index is 206. The van der Waals surface area contributed by atoms with Crippen LogP contribution in [0.15, 0.2) is 0 Å². The first-order chi connectivity index (χ1) is 7.22. The maximum absolute atomic E-state index is 11.7. The fraction of sp³-hybridized carbons (Fsp3) is 0.923. The first-order valence-corrected chi connectivity index (χ1v) is 6.25. The van der Waals surface area contributed by atoms with Gasteiger partial charge in [0.1, 0.15) is 0 Å². The molecule has 1 amide bonds. The van der Waals surface area contributed by atoms with E-state index >= 15 is 0 Å². The van der Waals surface area contributed by atoms with E-state index in [1.54, 1.807) is 0 Å². The van der Waals surface area contributed by atoms with Crippen molar-refractivity contribution < 1.29 is 4.79 Å². The molecule has 96 valence electrons. The van der Waals surface area contributed by atoms with Gasteiger partial charge in [0.2, 0.25) is 5.91 Å². The fourth-order valence-corrected chi connectivity index (χ4v) is 1.48. The van der Waals surface area contributed by atoms with Gasteiger partial charge in [-0.05, 0) is 39.0 Å². The van der Waals surface area contributed by atoms with Crippen LogP contribution in [0.1, 0.15) is 53.4 Å². The molecular weight excluding hydrogens is 200 g/mol. The van der Waals surface area contributed by atoms with Crippen molar-refractivity contribution in [2.75, 3.05) is 13.6 Å². The number of nitrogens with zero attached hydrogens (tertiary/aromatic N) is 1. The van der Waals surface area contributed by atoms with E-state index in [4.69, 9.17) is 5.73 Å². The van der Waals surface area contributed by atoms with Crippen molar-refractivity contribution in [3.63, 3.8) is 0 Å². The Morgan fingerprint density at radius 2 is 1.94 bits per heavy atom. The SMILES string of the molecule is CC(C)CCCN(C)C(=O)CCC(C)(C)N. The molecule has 0 unspecified atom stereocenters. The van der Waals surface area contributed by atoms with Crippen LogP contribution in [-0.2, 0) is 4.79 Å². The van der Waals surface area contributed by atoms with Gasteiger partial charge in [0.25, 0.3) is 0 Å². The molecule has 16 heavy (non-hydrogen) atoms. The molecule has 0 saturated carbocycles. The summed E-state index contributed by atoms with van der Waals surface area (Å²) in [4.78, 5) is 13.6. The molecule has 3 heteroatoms. The van der Waals surface area contributed by atoms with Gasteiger partial charge in [-0.1, -0.05) is 13.8 Å².